The summed E-state index contributed by atoms with van der Waals surface area (Å²) in [5.41, 5.74) is 0.188. The third-order valence-electron chi connectivity index (χ3n) is 6.44. The van der Waals surface area contributed by atoms with Crippen molar-refractivity contribution in [3.05, 3.63) is 29.6 Å². The second-order valence-electron chi connectivity index (χ2n) is 11.9. The fraction of sp³-hybridized carbons (Fsp3) is 0.741. The van der Waals surface area contributed by atoms with E-state index in [0.717, 1.165) is 24.8 Å². The minimum atomic E-state index is -1.90. The summed E-state index contributed by atoms with van der Waals surface area (Å²) in [5, 5.41) is 2.89. The molecule has 9 heteroatoms. The van der Waals surface area contributed by atoms with Crippen molar-refractivity contribution in [3.63, 3.8) is 0 Å². The Hall–Kier alpha value is -1.68. The number of carbonyl (C=O) groups is 1. The van der Waals surface area contributed by atoms with Crippen molar-refractivity contribution in [1.29, 1.82) is 0 Å². The molecule has 0 aliphatic carbocycles. The van der Waals surface area contributed by atoms with E-state index in [9.17, 15) is 9.18 Å². The number of rotatable bonds is 11. The molecule has 2 rings (SSSR count). The van der Waals surface area contributed by atoms with Crippen molar-refractivity contribution in [2.75, 3.05) is 26.4 Å². The predicted octanol–water partition coefficient (Wildman–Crippen LogP) is 6.21. The Labute approximate surface area is 217 Å². The van der Waals surface area contributed by atoms with Gasteiger partial charge in [-0.2, -0.15) is 0 Å². The van der Waals surface area contributed by atoms with Gasteiger partial charge in [-0.25, -0.2) is 9.18 Å². The molecule has 1 aromatic rings. The summed E-state index contributed by atoms with van der Waals surface area (Å²) < 4.78 is 43.6. The van der Waals surface area contributed by atoms with Gasteiger partial charge in [0.1, 0.15) is 23.8 Å². The third-order valence-corrected chi connectivity index (χ3v) is 11.0. The summed E-state index contributed by atoms with van der Waals surface area (Å²) in [7, 11) is -1.90. The molecule has 0 radical (unpaired) electrons. The Bertz CT molecular complexity index is 831. The first-order chi connectivity index (χ1) is 16.7. The van der Waals surface area contributed by atoms with Crippen LogP contribution in [0.3, 0.4) is 0 Å². The van der Waals surface area contributed by atoms with Crippen molar-refractivity contribution >= 4 is 14.4 Å². The molecule has 0 spiro atoms. The number of alkyl carbamates (subject to hydrolysis) is 1. The molecule has 1 heterocycles. The maximum absolute atomic E-state index is 14.1. The zero-order chi connectivity index (χ0) is 27.0. The van der Waals surface area contributed by atoms with E-state index in [-0.39, 0.29) is 23.7 Å². The van der Waals surface area contributed by atoms with Crippen LogP contribution in [0.25, 0.3) is 0 Å². The molecule has 1 aliphatic heterocycles. The van der Waals surface area contributed by atoms with Crippen LogP contribution < -0.4 is 10.1 Å². The van der Waals surface area contributed by atoms with Crippen LogP contribution in [0.2, 0.25) is 18.1 Å². The summed E-state index contributed by atoms with van der Waals surface area (Å²) in [4.78, 5) is 12.2. The third kappa shape index (κ3) is 10.7. The van der Waals surface area contributed by atoms with Gasteiger partial charge in [-0.3, -0.25) is 0 Å². The summed E-state index contributed by atoms with van der Waals surface area (Å²) in [5.74, 6) is 0.0725. The number of carbonyl (C=O) groups excluding carboxylic acids is 1. The van der Waals surface area contributed by atoms with Crippen LogP contribution >= 0.6 is 0 Å². The molecule has 1 unspecified atom stereocenters. The van der Waals surface area contributed by atoms with E-state index >= 15 is 0 Å². The van der Waals surface area contributed by atoms with E-state index in [4.69, 9.17) is 23.4 Å². The predicted molar refractivity (Wildman–Crippen MR) is 141 cm³/mol. The van der Waals surface area contributed by atoms with Crippen molar-refractivity contribution in [2.45, 2.75) is 103 Å². The van der Waals surface area contributed by atoms with Crippen LogP contribution in [0.5, 0.6) is 5.75 Å². The molecule has 1 aromatic carbocycles. The average molecular weight is 528 g/mol. The fourth-order valence-corrected chi connectivity index (χ4v) is 4.48. The number of amides is 1. The first-order valence-corrected chi connectivity index (χ1v) is 15.9. The van der Waals surface area contributed by atoms with Gasteiger partial charge in [0, 0.05) is 25.6 Å². The van der Waals surface area contributed by atoms with Crippen LogP contribution in [0.1, 0.15) is 66.4 Å². The first kappa shape index (κ1) is 30.5. The van der Waals surface area contributed by atoms with Crippen LogP contribution in [0.4, 0.5) is 9.18 Å². The lowest BCUT2D eigenvalue weighted by molar-refractivity contribution is -0.186. The molecule has 1 N–H and O–H groups in total. The summed E-state index contributed by atoms with van der Waals surface area (Å²) in [6.45, 7) is 18.0. The van der Waals surface area contributed by atoms with Crippen LogP contribution in [-0.4, -0.2) is 58.8 Å². The molecule has 206 valence electrons. The molecule has 1 fully saturated rings. The van der Waals surface area contributed by atoms with Gasteiger partial charge in [0.15, 0.2) is 14.6 Å². The zero-order valence-corrected chi connectivity index (χ0v) is 24.4. The topological polar surface area (TPSA) is 75.3 Å². The van der Waals surface area contributed by atoms with E-state index in [1.54, 1.807) is 6.07 Å². The molecular formula is C27H46FNO6Si. The lowest BCUT2D eigenvalue weighted by Crippen LogP contribution is -2.41. The standard InChI is InChI=1S/C27H46FNO6Si/c1-26(2,3)35-25(30)29-19-22(34-24-11-9-10-14-32-24)17-20-12-13-21(28)18-23(20)31-15-16-33-36(7,8)27(4,5)6/h12-13,18,22,24H,9-11,14-17,19H2,1-8H3,(H,29,30)/t22-,24?/m0/s1. The van der Waals surface area contributed by atoms with E-state index in [2.05, 4.69) is 39.2 Å². The molecule has 0 bridgehead atoms. The molecule has 0 aromatic heterocycles. The number of hydrogen-bond acceptors (Lipinski definition) is 6. The Kier molecular flexibility index (Phi) is 11.2. The maximum Gasteiger partial charge on any atom is 0.407 e. The van der Waals surface area contributed by atoms with Crippen LogP contribution in [0.15, 0.2) is 18.2 Å². The average Bonchev–Trinajstić information content (AvgIpc) is 2.75. The highest BCUT2D eigenvalue weighted by atomic mass is 28.4. The molecule has 1 saturated heterocycles. The second kappa shape index (κ2) is 13.2. The zero-order valence-electron chi connectivity index (χ0n) is 23.4. The number of halogens is 1. The van der Waals surface area contributed by atoms with Crippen molar-refractivity contribution in [3.8, 4) is 5.75 Å². The molecule has 1 amide bonds. The maximum atomic E-state index is 14.1. The van der Waals surface area contributed by atoms with Gasteiger partial charge in [-0.15, -0.1) is 0 Å². The lowest BCUT2D eigenvalue weighted by Gasteiger charge is -2.36. The monoisotopic (exact) mass is 527 g/mol. The highest BCUT2D eigenvalue weighted by Crippen LogP contribution is 2.36. The number of nitrogens with one attached hydrogen (secondary N) is 1. The SMILES string of the molecule is CC(C)(C)OC(=O)NC[C@H](Cc1ccc(F)cc1OCCO[Si](C)(C)C(C)(C)C)OC1CCCCO1. The minimum Gasteiger partial charge on any atom is -0.491 e. The van der Waals surface area contributed by atoms with Gasteiger partial charge in [0.25, 0.3) is 0 Å². The number of hydrogen-bond donors (Lipinski definition) is 1. The fourth-order valence-electron chi connectivity index (χ4n) is 3.45. The lowest BCUT2D eigenvalue weighted by atomic mass is 10.1. The van der Waals surface area contributed by atoms with E-state index in [0.29, 0.717) is 32.0 Å². The molecular weight excluding hydrogens is 481 g/mol. The minimum absolute atomic E-state index is 0.101. The Morgan fingerprint density at radius 2 is 1.89 bits per heavy atom. The van der Waals surface area contributed by atoms with Crippen molar-refractivity contribution < 1.29 is 32.6 Å². The molecule has 1 aliphatic rings. The Balaban J connectivity index is 2.06. The normalized spacial score (nSPS) is 18.0. The highest BCUT2D eigenvalue weighted by molar-refractivity contribution is 6.74. The van der Waals surface area contributed by atoms with Gasteiger partial charge in [0.05, 0.1) is 12.7 Å². The van der Waals surface area contributed by atoms with Crippen molar-refractivity contribution in [1.82, 2.24) is 5.32 Å². The molecule has 36 heavy (non-hydrogen) atoms. The van der Waals surface area contributed by atoms with Gasteiger partial charge < -0.3 is 28.7 Å². The molecule has 2 atom stereocenters. The van der Waals surface area contributed by atoms with Crippen molar-refractivity contribution in [2.24, 2.45) is 0 Å². The van der Waals surface area contributed by atoms with Gasteiger partial charge >= 0.3 is 6.09 Å². The summed E-state index contributed by atoms with van der Waals surface area (Å²) in [6, 6.07) is 4.49. The van der Waals surface area contributed by atoms with E-state index < -0.39 is 26.1 Å². The molecule has 7 nitrogen and oxygen atoms in total. The smallest absolute Gasteiger partial charge is 0.407 e. The highest BCUT2D eigenvalue weighted by Gasteiger charge is 2.37. The van der Waals surface area contributed by atoms with Gasteiger partial charge in [-0.1, -0.05) is 26.8 Å². The Morgan fingerprint density at radius 3 is 2.50 bits per heavy atom. The largest absolute Gasteiger partial charge is 0.491 e. The van der Waals surface area contributed by atoms with Crippen LogP contribution in [-0.2, 0) is 25.1 Å². The summed E-state index contributed by atoms with van der Waals surface area (Å²) in [6.07, 6.45) is 1.97. The second-order valence-corrected chi connectivity index (χ2v) is 16.7. The van der Waals surface area contributed by atoms with Crippen LogP contribution in [0, 0.1) is 5.82 Å². The summed E-state index contributed by atoms with van der Waals surface area (Å²) >= 11 is 0. The first-order valence-electron chi connectivity index (χ1n) is 13.0. The number of benzene rings is 1. The number of ether oxygens (including phenoxy) is 4. The molecule has 0 saturated carbocycles. The van der Waals surface area contributed by atoms with Gasteiger partial charge in [-0.05, 0) is 69.8 Å². The van der Waals surface area contributed by atoms with E-state index in [1.165, 1.54) is 12.1 Å². The van der Waals surface area contributed by atoms with Gasteiger partial charge in [0.2, 0.25) is 0 Å². The quantitative estimate of drug-likeness (QED) is 0.273. The Morgan fingerprint density at radius 1 is 1.17 bits per heavy atom. The van der Waals surface area contributed by atoms with E-state index in [1.807, 2.05) is 20.8 Å².